The van der Waals surface area contributed by atoms with Gasteiger partial charge in [0.05, 0.1) is 29.4 Å². The van der Waals surface area contributed by atoms with Crippen molar-refractivity contribution >= 4 is 27.3 Å². The Labute approximate surface area is 107 Å². The third kappa shape index (κ3) is 5.23. The first-order chi connectivity index (χ1) is 7.94. The summed E-state index contributed by atoms with van der Waals surface area (Å²) in [6.45, 7) is 0.891. The Morgan fingerprint density at radius 1 is 1.59 bits per heavy atom. The number of halogens is 1. The van der Waals surface area contributed by atoms with Crippen molar-refractivity contribution in [2.24, 2.45) is 5.92 Å². The lowest BCUT2D eigenvalue weighted by Crippen LogP contribution is -2.33. The second-order valence-electron chi connectivity index (χ2n) is 4.23. The second-order valence-corrected chi connectivity index (χ2v) is 7.08. The van der Waals surface area contributed by atoms with Crippen molar-refractivity contribution in [1.29, 1.82) is 0 Å². The van der Waals surface area contributed by atoms with Crippen molar-refractivity contribution in [3.05, 3.63) is 0 Å². The Kier molecular flexibility index (Phi) is 5.69. The number of carbonyl (C=O) groups excluding carboxylic acids is 1. The van der Waals surface area contributed by atoms with Gasteiger partial charge in [0.1, 0.15) is 0 Å². The van der Waals surface area contributed by atoms with Gasteiger partial charge in [-0.1, -0.05) is 0 Å². The first-order valence-corrected chi connectivity index (χ1v) is 7.81. The fourth-order valence-electron chi connectivity index (χ4n) is 1.76. The second kappa shape index (κ2) is 6.56. The lowest BCUT2D eigenvalue weighted by atomic mass is 10.1. The smallest absolute Gasteiger partial charge is 0.224 e. The maximum absolute atomic E-state index is 11.6. The normalized spacial score (nSPS) is 24.5. The van der Waals surface area contributed by atoms with E-state index in [1.807, 2.05) is 0 Å². The SMILES string of the molecule is COCC(Cl)CCNC(=O)C1CCS(=O)(=O)C1. The molecule has 0 aliphatic carbocycles. The van der Waals surface area contributed by atoms with E-state index in [1.54, 1.807) is 7.11 Å². The monoisotopic (exact) mass is 283 g/mol. The molecule has 0 saturated carbocycles. The average Bonchev–Trinajstić information content (AvgIpc) is 2.59. The van der Waals surface area contributed by atoms with Crippen LogP contribution >= 0.6 is 11.6 Å². The number of rotatable bonds is 6. The molecule has 0 aromatic heterocycles. The van der Waals surface area contributed by atoms with Crippen molar-refractivity contribution in [2.75, 3.05) is 31.8 Å². The fraction of sp³-hybridized carbons (Fsp3) is 0.900. The Morgan fingerprint density at radius 2 is 2.29 bits per heavy atom. The van der Waals surface area contributed by atoms with Gasteiger partial charge in [-0.2, -0.15) is 0 Å². The van der Waals surface area contributed by atoms with E-state index in [2.05, 4.69) is 5.32 Å². The van der Waals surface area contributed by atoms with Crippen LogP contribution in [0.15, 0.2) is 0 Å². The lowest BCUT2D eigenvalue weighted by molar-refractivity contribution is -0.124. The van der Waals surface area contributed by atoms with E-state index in [-0.39, 0.29) is 22.8 Å². The molecular formula is C10H18ClNO4S. The molecule has 0 spiro atoms. The summed E-state index contributed by atoms with van der Waals surface area (Å²) in [7, 11) is -1.43. The van der Waals surface area contributed by atoms with Gasteiger partial charge in [0, 0.05) is 13.7 Å². The number of hydrogen-bond acceptors (Lipinski definition) is 4. The topological polar surface area (TPSA) is 72.5 Å². The van der Waals surface area contributed by atoms with Crippen LogP contribution < -0.4 is 5.32 Å². The number of methoxy groups -OCH3 is 1. The van der Waals surface area contributed by atoms with Gasteiger partial charge in [-0.05, 0) is 12.8 Å². The highest BCUT2D eigenvalue weighted by atomic mass is 35.5. The molecular weight excluding hydrogens is 266 g/mol. The van der Waals surface area contributed by atoms with Crippen molar-refractivity contribution < 1.29 is 17.9 Å². The van der Waals surface area contributed by atoms with Crippen LogP contribution in [-0.2, 0) is 19.4 Å². The number of alkyl halides is 1. The van der Waals surface area contributed by atoms with Gasteiger partial charge < -0.3 is 10.1 Å². The summed E-state index contributed by atoms with van der Waals surface area (Å²) in [6, 6.07) is 0. The van der Waals surface area contributed by atoms with E-state index < -0.39 is 15.8 Å². The van der Waals surface area contributed by atoms with Crippen LogP contribution in [0.2, 0.25) is 0 Å². The standard InChI is InChI=1S/C10H18ClNO4S/c1-16-6-9(11)2-4-12-10(13)8-3-5-17(14,15)7-8/h8-9H,2-7H2,1H3,(H,12,13). The molecule has 0 aromatic carbocycles. The number of sulfone groups is 1. The van der Waals surface area contributed by atoms with Gasteiger partial charge in [-0.15, -0.1) is 11.6 Å². The van der Waals surface area contributed by atoms with Crippen molar-refractivity contribution in [2.45, 2.75) is 18.2 Å². The van der Waals surface area contributed by atoms with E-state index in [0.717, 1.165) is 0 Å². The molecule has 1 aliphatic rings. The molecule has 0 aromatic rings. The molecule has 1 aliphatic heterocycles. The number of ether oxygens (including phenoxy) is 1. The first kappa shape index (κ1) is 14.7. The molecule has 1 fully saturated rings. The van der Waals surface area contributed by atoms with Gasteiger partial charge in [-0.25, -0.2) is 8.42 Å². The Bertz CT molecular complexity index is 357. The summed E-state index contributed by atoms with van der Waals surface area (Å²) in [5.41, 5.74) is 0. The van der Waals surface area contributed by atoms with Gasteiger partial charge in [-0.3, -0.25) is 4.79 Å². The van der Waals surface area contributed by atoms with E-state index in [9.17, 15) is 13.2 Å². The largest absolute Gasteiger partial charge is 0.383 e. The zero-order valence-corrected chi connectivity index (χ0v) is 11.4. The molecule has 1 N–H and O–H groups in total. The predicted octanol–water partition coefficient (Wildman–Crippen LogP) is 0.181. The highest BCUT2D eigenvalue weighted by Crippen LogP contribution is 2.18. The summed E-state index contributed by atoms with van der Waals surface area (Å²) in [4.78, 5) is 11.6. The molecule has 1 rings (SSSR count). The van der Waals surface area contributed by atoms with E-state index in [4.69, 9.17) is 16.3 Å². The van der Waals surface area contributed by atoms with Crippen LogP contribution in [0.3, 0.4) is 0 Å². The van der Waals surface area contributed by atoms with E-state index in [0.29, 0.717) is 26.0 Å². The lowest BCUT2D eigenvalue weighted by Gasteiger charge is -2.11. The average molecular weight is 284 g/mol. The molecule has 1 amide bonds. The number of nitrogens with one attached hydrogen (secondary N) is 1. The summed E-state index contributed by atoms with van der Waals surface area (Å²) >= 11 is 5.90. The summed E-state index contributed by atoms with van der Waals surface area (Å²) in [5, 5.41) is 2.58. The molecule has 2 atom stereocenters. The van der Waals surface area contributed by atoms with Crippen LogP contribution in [0.5, 0.6) is 0 Å². The summed E-state index contributed by atoms with van der Waals surface area (Å²) in [6.07, 6.45) is 1.04. The highest BCUT2D eigenvalue weighted by Gasteiger charge is 2.32. The highest BCUT2D eigenvalue weighted by molar-refractivity contribution is 7.91. The molecule has 100 valence electrons. The third-order valence-electron chi connectivity index (χ3n) is 2.71. The number of hydrogen-bond donors (Lipinski definition) is 1. The minimum atomic E-state index is -3.00. The van der Waals surface area contributed by atoms with Crippen molar-refractivity contribution in [3.8, 4) is 0 Å². The Hall–Kier alpha value is -0.330. The Morgan fingerprint density at radius 3 is 2.82 bits per heavy atom. The van der Waals surface area contributed by atoms with Crippen molar-refractivity contribution in [1.82, 2.24) is 5.32 Å². The zero-order valence-electron chi connectivity index (χ0n) is 9.82. The minimum Gasteiger partial charge on any atom is -0.383 e. The van der Waals surface area contributed by atoms with Crippen LogP contribution in [-0.4, -0.2) is 51.5 Å². The van der Waals surface area contributed by atoms with Crippen LogP contribution in [0.4, 0.5) is 0 Å². The summed E-state index contributed by atoms with van der Waals surface area (Å²) in [5.74, 6) is -0.489. The molecule has 0 bridgehead atoms. The number of amides is 1. The quantitative estimate of drug-likeness (QED) is 0.706. The molecule has 1 heterocycles. The molecule has 5 nitrogen and oxygen atoms in total. The molecule has 17 heavy (non-hydrogen) atoms. The van der Waals surface area contributed by atoms with Crippen LogP contribution in [0.1, 0.15) is 12.8 Å². The molecule has 0 radical (unpaired) electrons. The predicted molar refractivity (Wildman–Crippen MR) is 65.9 cm³/mol. The van der Waals surface area contributed by atoms with Crippen molar-refractivity contribution in [3.63, 3.8) is 0 Å². The summed E-state index contributed by atoms with van der Waals surface area (Å²) < 4.78 is 27.3. The van der Waals surface area contributed by atoms with Gasteiger partial charge >= 0.3 is 0 Å². The molecule has 1 saturated heterocycles. The first-order valence-electron chi connectivity index (χ1n) is 5.56. The van der Waals surface area contributed by atoms with Gasteiger partial charge in [0.15, 0.2) is 9.84 Å². The molecule has 2 unspecified atom stereocenters. The third-order valence-corrected chi connectivity index (χ3v) is 4.82. The Balaban J connectivity index is 2.22. The van der Waals surface area contributed by atoms with Gasteiger partial charge in [0.25, 0.3) is 0 Å². The van der Waals surface area contributed by atoms with Crippen LogP contribution in [0.25, 0.3) is 0 Å². The van der Waals surface area contributed by atoms with E-state index >= 15 is 0 Å². The maximum atomic E-state index is 11.6. The maximum Gasteiger partial charge on any atom is 0.224 e. The van der Waals surface area contributed by atoms with Gasteiger partial charge in [0.2, 0.25) is 5.91 Å². The fourth-order valence-corrected chi connectivity index (χ4v) is 3.74. The van der Waals surface area contributed by atoms with E-state index in [1.165, 1.54) is 0 Å². The zero-order chi connectivity index (χ0) is 12.9. The number of carbonyl (C=O) groups is 1. The molecule has 7 heteroatoms. The van der Waals surface area contributed by atoms with Crippen LogP contribution in [0, 0.1) is 5.92 Å². The minimum absolute atomic E-state index is 0.0266.